The Hall–Kier alpha value is -3.16. The summed E-state index contributed by atoms with van der Waals surface area (Å²) in [7, 11) is 0. The van der Waals surface area contributed by atoms with Crippen LogP contribution in [0.15, 0.2) is 89.9 Å². The van der Waals surface area contributed by atoms with Gasteiger partial charge < -0.3 is 31.5 Å². The third-order valence-electron chi connectivity index (χ3n) is 4.06. The summed E-state index contributed by atoms with van der Waals surface area (Å²) in [6.45, 7) is 0.0860. The Bertz CT molecular complexity index is 1100. The van der Waals surface area contributed by atoms with Crippen molar-refractivity contribution in [3.05, 3.63) is 90.5 Å². The SMILES string of the molecule is O=C(C[n+]1ccc(-c2ccco2)nc1)Nc1cc(Cl)ccc1Oc1ccccc1.[Br-]. The van der Waals surface area contributed by atoms with Crippen molar-refractivity contribution in [2.45, 2.75) is 6.54 Å². The Balaban J connectivity index is 0.00000256. The molecule has 0 aliphatic rings. The highest BCUT2D eigenvalue weighted by molar-refractivity contribution is 6.31. The van der Waals surface area contributed by atoms with Crippen LogP contribution in [0.25, 0.3) is 11.5 Å². The van der Waals surface area contributed by atoms with E-state index in [0.29, 0.717) is 33.7 Å². The molecular weight excluding hydrogens is 470 g/mol. The number of rotatable bonds is 6. The van der Waals surface area contributed by atoms with E-state index in [2.05, 4.69) is 10.3 Å². The van der Waals surface area contributed by atoms with Crippen molar-refractivity contribution >= 4 is 23.2 Å². The van der Waals surface area contributed by atoms with Gasteiger partial charge in [-0.15, -0.1) is 0 Å². The van der Waals surface area contributed by atoms with Crippen molar-refractivity contribution in [3.8, 4) is 23.0 Å². The Labute approximate surface area is 188 Å². The number of para-hydroxylation sites is 1. The second-order valence-electron chi connectivity index (χ2n) is 6.20. The predicted molar refractivity (Wildman–Crippen MR) is 109 cm³/mol. The highest BCUT2D eigenvalue weighted by Crippen LogP contribution is 2.32. The van der Waals surface area contributed by atoms with Crippen molar-refractivity contribution in [1.82, 2.24) is 4.98 Å². The van der Waals surface area contributed by atoms with Gasteiger partial charge >= 0.3 is 0 Å². The number of anilines is 1. The van der Waals surface area contributed by atoms with Gasteiger partial charge in [0.05, 0.1) is 18.1 Å². The van der Waals surface area contributed by atoms with E-state index in [0.717, 1.165) is 0 Å². The van der Waals surface area contributed by atoms with Gasteiger partial charge in [-0.05, 0) is 47.4 Å². The van der Waals surface area contributed by atoms with Crippen molar-refractivity contribution < 1.29 is 35.5 Å². The number of benzene rings is 2. The van der Waals surface area contributed by atoms with Gasteiger partial charge in [0.25, 0.3) is 12.2 Å². The lowest BCUT2D eigenvalue weighted by atomic mass is 10.2. The molecule has 2 aromatic carbocycles. The number of hydrogen-bond acceptors (Lipinski definition) is 4. The molecular formula is C22H17BrClN3O3. The Morgan fingerprint density at radius 3 is 2.63 bits per heavy atom. The minimum absolute atomic E-state index is 0. The van der Waals surface area contributed by atoms with Crippen molar-refractivity contribution in [2.75, 3.05) is 5.32 Å². The fourth-order valence-corrected chi connectivity index (χ4v) is 2.88. The standard InChI is InChI=1S/C22H16ClN3O3.BrH/c23-16-8-9-21(29-17-5-2-1-3-6-17)19(13-16)25-22(27)14-26-11-10-18(24-15-26)20-7-4-12-28-20;/h1-13,15H,14H2;1H. The summed E-state index contributed by atoms with van der Waals surface area (Å²) in [5, 5.41) is 3.34. The van der Waals surface area contributed by atoms with E-state index in [-0.39, 0.29) is 29.4 Å². The number of nitrogens with zero attached hydrogens (tertiary/aromatic N) is 2. The highest BCUT2D eigenvalue weighted by Gasteiger charge is 2.14. The van der Waals surface area contributed by atoms with E-state index in [1.54, 1.807) is 53.7 Å². The van der Waals surface area contributed by atoms with Crippen LogP contribution in [0, 0.1) is 0 Å². The largest absolute Gasteiger partial charge is 1.00 e. The summed E-state index contributed by atoms with van der Waals surface area (Å²) >= 11 is 6.10. The molecule has 4 aromatic rings. The molecule has 0 unspecified atom stereocenters. The third kappa shape index (κ3) is 5.46. The van der Waals surface area contributed by atoms with Gasteiger partial charge in [-0.1, -0.05) is 29.8 Å². The van der Waals surface area contributed by atoms with Crippen LogP contribution in [-0.4, -0.2) is 10.9 Å². The van der Waals surface area contributed by atoms with Gasteiger partial charge in [-0.25, -0.2) is 4.57 Å². The van der Waals surface area contributed by atoms with E-state index in [1.807, 2.05) is 36.4 Å². The summed E-state index contributed by atoms with van der Waals surface area (Å²) in [5.74, 6) is 1.61. The minimum Gasteiger partial charge on any atom is -1.00 e. The van der Waals surface area contributed by atoms with E-state index < -0.39 is 0 Å². The van der Waals surface area contributed by atoms with Crippen LogP contribution >= 0.6 is 11.6 Å². The number of nitrogens with one attached hydrogen (secondary N) is 1. The molecule has 0 saturated heterocycles. The normalized spacial score (nSPS) is 10.2. The summed E-state index contributed by atoms with van der Waals surface area (Å²) in [6.07, 6.45) is 4.94. The van der Waals surface area contributed by atoms with Gasteiger partial charge in [0.15, 0.2) is 18.1 Å². The molecule has 0 spiro atoms. The predicted octanol–water partition coefficient (Wildman–Crippen LogP) is 1.72. The molecule has 0 aliphatic carbocycles. The quantitative estimate of drug-likeness (QED) is 0.422. The first-order chi connectivity index (χ1) is 14.2. The van der Waals surface area contributed by atoms with Crippen LogP contribution in [0.3, 0.4) is 0 Å². The molecule has 1 amide bonds. The van der Waals surface area contributed by atoms with Gasteiger partial charge in [0.2, 0.25) is 5.69 Å². The molecule has 152 valence electrons. The molecule has 0 bridgehead atoms. The van der Waals surface area contributed by atoms with Gasteiger partial charge in [-0.2, -0.15) is 0 Å². The maximum Gasteiger partial charge on any atom is 0.287 e. The molecule has 0 radical (unpaired) electrons. The second-order valence-corrected chi connectivity index (χ2v) is 6.64. The molecule has 2 aromatic heterocycles. The number of hydrogen-bond donors (Lipinski definition) is 1. The molecule has 1 N–H and O–H groups in total. The topological polar surface area (TPSA) is 68.2 Å². The van der Waals surface area contributed by atoms with E-state index in [9.17, 15) is 4.79 Å². The number of ether oxygens (including phenoxy) is 1. The van der Waals surface area contributed by atoms with Gasteiger partial charge in [0, 0.05) is 11.1 Å². The Morgan fingerprint density at radius 1 is 1.10 bits per heavy atom. The smallest absolute Gasteiger partial charge is 0.287 e. The van der Waals surface area contributed by atoms with E-state index >= 15 is 0 Å². The monoisotopic (exact) mass is 485 g/mol. The van der Waals surface area contributed by atoms with Crippen LogP contribution < -0.4 is 31.6 Å². The molecule has 0 fully saturated rings. The Morgan fingerprint density at radius 2 is 1.93 bits per heavy atom. The molecule has 0 atom stereocenters. The molecule has 8 heteroatoms. The van der Waals surface area contributed by atoms with Crippen LogP contribution in [0.2, 0.25) is 5.02 Å². The zero-order chi connectivity index (χ0) is 20.1. The summed E-state index contributed by atoms with van der Waals surface area (Å²) in [6, 6.07) is 19.8. The molecule has 30 heavy (non-hydrogen) atoms. The Kier molecular flexibility index (Phi) is 7.21. The molecule has 0 saturated carbocycles. The number of furan rings is 1. The highest BCUT2D eigenvalue weighted by atomic mass is 79.9. The average Bonchev–Trinajstić information content (AvgIpc) is 3.26. The van der Waals surface area contributed by atoms with Crippen LogP contribution in [0.5, 0.6) is 11.5 Å². The van der Waals surface area contributed by atoms with Crippen LogP contribution in [0.1, 0.15) is 0 Å². The van der Waals surface area contributed by atoms with Crippen molar-refractivity contribution in [1.29, 1.82) is 0 Å². The zero-order valence-corrected chi connectivity index (χ0v) is 18.0. The van der Waals surface area contributed by atoms with Gasteiger partial charge in [0.1, 0.15) is 5.75 Å². The zero-order valence-electron chi connectivity index (χ0n) is 15.7. The fourth-order valence-electron chi connectivity index (χ4n) is 2.71. The minimum atomic E-state index is -0.234. The number of aromatic nitrogens is 2. The first-order valence-electron chi connectivity index (χ1n) is 8.89. The van der Waals surface area contributed by atoms with Gasteiger partial charge in [-0.3, -0.25) is 4.79 Å². The fraction of sp³-hybridized carbons (Fsp3) is 0.0455. The molecule has 6 nitrogen and oxygen atoms in total. The van der Waals surface area contributed by atoms with Crippen LogP contribution in [0.4, 0.5) is 5.69 Å². The number of halogens is 2. The average molecular weight is 487 g/mol. The second kappa shape index (κ2) is 10.0. The lowest BCUT2D eigenvalue weighted by molar-refractivity contribution is -0.686. The van der Waals surface area contributed by atoms with E-state index in [4.69, 9.17) is 20.8 Å². The summed E-state index contributed by atoms with van der Waals surface area (Å²) < 4.78 is 12.9. The molecule has 4 rings (SSSR count). The maximum absolute atomic E-state index is 12.5. The van der Waals surface area contributed by atoms with Crippen molar-refractivity contribution in [3.63, 3.8) is 0 Å². The first kappa shape index (κ1) is 21.5. The first-order valence-corrected chi connectivity index (χ1v) is 9.26. The lowest BCUT2D eigenvalue weighted by Crippen LogP contribution is -3.00. The number of carbonyl (C=O) groups excluding carboxylic acids is 1. The van der Waals surface area contributed by atoms with Crippen LogP contribution in [-0.2, 0) is 11.3 Å². The maximum atomic E-state index is 12.5. The van der Waals surface area contributed by atoms with E-state index in [1.165, 1.54) is 0 Å². The molecule has 2 heterocycles. The lowest BCUT2D eigenvalue weighted by Gasteiger charge is -2.12. The van der Waals surface area contributed by atoms with Crippen molar-refractivity contribution in [2.24, 2.45) is 0 Å². The third-order valence-corrected chi connectivity index (χ3v) is 4.29. The summed E-state index contributed by atoms with van der Waals surface area (Å²) in [5.41, 5.74) is 1.19. The number of amides is 1. The number of carbonyl (C=O) groups is 1. The molecule has 0 aliphatic heterocycles. The summed E-state index contributed by atoms with van der Waals surface area (Å²) in [4.78, 5) is 16.8.